The summed E-state index contributed by atoms with van der Waals surface area (Å²) in [5.41, 5.74) is 1.02. The second kappa shape index (κ2) is 10.9. The van der Waals surface area contributed by atoms with Crippen molar-refractivity contribution in [2.24, 2.45) is 5.92 Å². The van der Waals surface area contributed by atoms with Gasteiger partial charge in [-0.3, -0.25) is 19.6 Å². The van der Waals surface area contributed by atoms with Crippen LogP contribution in [0.1, 0.15) is 45.1 Å². The molecule has 0 aliphatic carbocycles. The predicted octanol–water partition coefficient (Wildman–Crippen LogP) is 1.20. The summed E-state index contributed by atoms with van der Waals surface area (Å²) in [5.74, 6) is -1.02. The van der Waals surface area contributed by atoms with Crippen LogP contribution in [-0.4, -0.2) is 68.7 Å². The molecule has 3 amide bonds. The Morgan fingerprint density at radius 2 is 2.21 bits per heavy atom. The zero-order chi connectivity index (χ0) is 21.4. The highest BCUT2D eigenvalue weighted by Crippen LogP contribution is 2.24. The van der Waals surface area contributed by atoms with Crippen molar-refractivity contribution >= 4 is 24.0 Å². The van der Waals surface area contributed by atoms with Gasteiger partial charge >= 0.3 is 0 Å². The Hall–Kier alpha value is -2.52. The Morgan fingerprint density at radius 1 is 1.45 bits per heavy atom. The third-order valence-electron chi connectivity index (χ3n) is 5.13. The lowest BCUT2D eigenvalue weighted by Gasteiger charge is -2.29. The van der Waals surface area contributed by atoms with E-state index in [0.717, 1.165) is 24.8 Å². The molecular formula is C20H30N4O5. The number of aromatic nitrogens is 1. The van der Waals surface area contributed by atoms with E-state index in [1.54, 1.807) is 12.3 Å². The number of anilines is 1. The van der Waals surface area contributed by atoms with E-state index in [1.807, 2.05) is 19.9 Å². The van der Waals surface area contributed by atoms with Crippen LogP contribution >= 0.6 is 0 Å². The number of nitrogens with one attached hydrogen (secondary N) is 1. The largest absolute Gasteiger partial charge is 0.391 e. The Morgan fingerprint density at radius 3 is 2.86 bits per heavy atom. The van der Waals surface area contributed by atoms with Crippen molar-refractivity contribution < 1.29 is 24.7 Å². The minimum atomic E-state index is -0.836. The lowest BCUT2D eigenvalue weighted by Crippen LogP contribution is -2.47. The van der Waals surface area contributed by atoms with Gasteiger partial charge in [-0.2, -0.15) is 0 Å². The number of β-amino-alcohol motifs (C(OH)–C–C–N with tert-alkyl or cyclic N) is 1. The highest BCUT2D eigenvalue weighted by atomic mass is 16.5. The molecule has 3 N–H and O–H groups in total. The molecule has 3 atom stereocenters. The molecule has 0 radical (unpaired) electrons. The zero-order valence-electron chi connectivity index (χ0n) is 17.0. The van der Waals surface area contributed by atoms with Crippen LogP contribution < -0.4 is 5.32 Å². The number of amides is 3. The van der Waals surface area contributed by atoms with Crippen molar-refractivity contribution in [2.75, 3.05) is 18.4 Å². The van der Waals surface area contributed by atoms with Crippen molar-refractivity contribution in [2.45, 2.75) is 58.1 Å². The highest BCUT2D eigenvalue weighted by Gasteiger charge is 2.41. The van der Waals surface area contributed by atoms with E-state index in [9.17, 15) is 24.7 Å². The van der Waals surface area contributed by atoms with Crippen molar-refractivity contribution in [3.63, 3.8) is 0 Å². The molecule has 160 valence electrons. The fourth-order valence-corrected chi connectivity index (χ4v) is 3.52. The van der Waals surface area contributed by atoms with Crippen LogP contribution in [0.2, 0.25) is 0 Å². The van der Waals surface area contributed by atoms with Crippen LogP contribution in [0.15, 0.2) is 18.3 Å². The predicted molar refractivity (Wildman–Crippen MR) is 106 cm³/mol. The number of aliphatic hydroxyl groups is 1. The second-order valence-electron chi connectivity index (χ2n) is 7.35. The highest BCUT2D eigenvalue weighted by molar-refractivity contribution is 5.97. The molecule has 9 nitrogen and oxygen atoms in total. The maximum absolute atomic E-state index is 13.1. The number of carbonyl (C=O) groups excluding carboxylic acids is 3. The lowest BCUT2D eigenvalue weighted by atomic mass is 9.99. The van der Waals surface area contributed by atoms with Crippen LogP contribution in [0.3, 0.4) is 0 Å². The number of rotatable bonds is 10. The van der Waals surface area contributed by atoms with Crippen molar-refractivity contribution in [3.05, 3.63) is 23.9 Å². The number of hydrogen-bond donors (Lipinski definition) is 3. The van der Waals surface area contributed by atoms with E-state index in [1.165, 1.54) is 4.90 Å². The van der Waals surface area contributed by atoms with Gasteiger partial charge in [-0.1, -0.05) is 26.7 Å². The maximum atomic E-state index is 13.1. The number of pyridine rings is 1. The number of unbranched alkanes of at least 4 members (excludes halogenated alkanes) is 1. The summed E-state index contributed by atoms with van der Waals surface area (Å²) >= 11 is 0. The summed E-state index contributed by atoms with van der Waals surface area (Å²) in [6.45, 7) is 3.86. The summed E-state index contributed by atoms with van der Waals surface area (Å²) < 4.78 is 0. The normalized spacial score (nSPS) is 19.7. The number of aliphatic hydroxyl groups excluding tert-OH is 1. The molecule has 0 spiro atoms. The van der Waals surface area contributed by atoms with Crippen LogP contribution in [0, 0.1) is 5.92 Å². The summed E-state index contributed by atoms with van der Waals surface area (Å²) in [4.78, 5) is 42.2. The van der Waals surface area contributed by atoms with Gasteiger partial charge in [0.15, 0.2) is 0 Å². The van der Waals surface area contributed by atoms with Crippen LogP contribution in [0.25, 0.3) is 0 Å². The van der Waals surface area contributed by atoms with Gasteiger partial charge in [0.25, 0.3) is 0 Å². The lowest BCUT2D eigenvalue weighted by molar-refractivity contribution is -0.157. The first-order chi connectivity index (χ1) is 13.9. The molecule has 0 aromatic carbocycles. The standard InChI is InChI=1S/C20H30N4O5/c1-3-5-6-15(11-23(29)13-25)20(28)24-12-16(26)10-17(24)19(27)22-18-9-14(4-2)7-8-21-18/h7-9,13,15-17,26,29H,3-6,10-12H2,1-2H3,(H,21,22,27)/t15-,16-,17+/m1/s1. The average molecular weight is 406 g/mol. The molecule has 0 bridgehead atoms. The summed E-state index contributed by atoms with van der Waals surface area (Å²) in [7, 11) is 0. The van der Waals surface area contributed by atoms with Crippen molar-refractivity contribution in [1.29, 1.82) is 0 Å². The van der Waals surface area contributed by atoms with Gasteiger partial charge in [0.1, 0.15) is 11.9 Å². The number of nitrogens with zero attached hydrogens (tertiary/aromatic N) is 3. The summed E-state index contributed by atoms with van der Waals surface area (Å²) in [6.07, 6.45) is 4.03. The fourth-order valence-electron chi connectivity index (χ4n) is 3.52. The molecule has 0 saturated carbocycles. The topological polar surface area (TPSA) is 123 Å². The number of hydroxylamine groups is 2. The number of carbonyl (C=O) groups is 3. The minimum absolute atomic E-state index is 0.0362. The first-order valence-electron chi connectivity index (χ1n) is 10.0. The van der Waals surface area contributed by atoms with Crippen molar-refractivity contribution in [3.8, 4) is 0 Å². The number of hydrogen-bond acceptors (Lipinski definition) is 6. The van der Waals surface area contributed by atoms with Crippen molar-refractivity contribution in [1.82, 2.24) is 14.9 Å². The van der Waals surface area contributed by atoms with Crippen LogP contribution in [0.5, 0.6) is 0 Å². The fraction of sp³-hybridized carbons (Fsp3) is 0.600. The van der Waals surface area contributed by atoms with Gasteiger partial charge in [0.2, 0.25) is 18.2 Å². The smallest absolute Gasteiger partial charge is 0.248 e. The van der Waals surface area contributed by atoms with E-state index < -0.39 is 24.0 Å². The molecule has 9 heteroatoms. The quantitative estimate of drug-likeness (QED) is 0.305. The van der Waals surface area contributed by atoms with Gasteiger partial charge < -0.3 is 15.3 Å². The van der Waals surface area contributed by atoms with Gasteiger partial charge in [0.05, 0.1) is 18.6 Å². The Balaban J connectivity index is 2.14. The molecular weight excluding hydrogens is 376 g/mol. The molecule has 1 saturated heterocycles. The maximum Gasteiger partial charge on any atom is 0.248 e. The SMILES string of the molecule is CCCC[C@H](CN(O)C=O)C(=O)N1C[C@H](O)C[C@H]1C(=O)Nc1cc(CC)ccn1. The van der Waals surface area contributed by atoms with E-state index in [2.05, 4.69) is 10.3 Å². The van der Waals surface area contributed by atoms with Gasteiger partial charge in [-0.05, 0) is 30.5 Å². The monoisotopic (exact) mass is 406 g/mol. The molecule has 1 aliphatic heterocycles. The molecule has 2 heterocycles. The van der Waals surface area contributed by atoms with E-state index in [4.69, 9.17) is 0 Å². The Bertz CT molecular complexity index is 714. The molecule has 29 heavy (non-hydrogen) atoms. The zero-order valence-corrected chi connectivity index (χ0v) is 17.0. The second-order valence-corrected chi connectivity index (χ2v) is 7.35. The molecule has 1 fully saturated rings. The summed E-state index contributed by atoms with van der Waals surface area (Å²) in [6, 6.07) is 2.79. The first-order valence-corrected chi connectivity index (χ1v) is 10.0. The minimum Gasteiger partial charge on any atom is -0.391 e. The van der Waals surface area contributed by atoms with Crippen LogP contribution in [0.4, 0.5) is 5.82 Å². The van der Waals surface area contributed by atoms with Gasteiger partial charge in [0, 0.05) is 19.2 Å². The summed E-state index contributed by atoms with van der Waals surface area (Å²) in [5, 5.41) is 22.8. The van der Waals surface area contributed by atoms with Crippen LogP contribution in [-0.2, 0) is 20.8 Å². The van der Waals surface area contributed by atoms with E-state index in [-0.39, 0.29) is 31.8 Å². The first kappa shape index (κ1) is 22.8. The van der Waals surface area contributed by atoms with E-state index >= 15 is 0 Å². The third kappa shape index (κ3) is 6.23. The Labute approximate surface area is 170 Å². The number of likely N-dealkylation sites (tertiary alicyclic amines) is 1. The average Bonchev–Trinajstić information content (AvgIpc) is 3.12. The molecule has 0 unspecified atom stereocenters. The number of aryl methyl sites for hydroxylation is 1. The molecule has 1 aliphatic rings. The molecule has 1 aromatic heterocycles. The Kier molecular flexibility index (Phi) is 8.53. The molecule has 1 aromatic rings. The third-order valence-corrected chi connectivity index (χ3v) is 5.13. The van der Waals surface area contributed by atoms with E-state index in [0.29, 0.717) is 17.3 Å². The van der Waals surface area contributed by atoms with Gasteiger partial charge in [-0.25, -0.2) is 10.0 Å². The molecule has 2 rings (SSSR count). The van der Waals surface area contributed by atoms with Gasteiger partial charge in [-0.15, -0.1) is 0 Å².